The minimum absolute atomic E-state index is 0.241. The van der Waals surface area contributed by atoms with Gasteiger partial charge in [0.1, 0.15) is 5.75 Å². The number of ether oxygens (including phenoxy) is 1. The Labute approximate surface area is 160 Å². The van der Waals surface area contributed by atoms with Crippen molar-refractivity contribution in [2.45, 2.75) is 46.3 Å². The zero-order chi connectivity index (χ0) is 19.1. The van der Waals surface area contributed by atoms with E-state index in [9.17, 15) is 4.79 Å². The molecule has 1 aliphatic heterocycles. The molecule has 7 heteroatoms. The Morgan fingerprint density at radius 2 is 2.04 bits per heavy atom. The quantitative estimate of drug-likeness (QED) is 0.784. The summed E-state index contributed by atoms with van der Waals surface area (Å²) in [6, 6.07) is 9.19. The Bertz CT molecular complexity index is 741. The van der Waals surface area contributed by atoms with Gasteiger partial charge in [0.25, 0.3) is 0 Å². The highest BCUT2D eigenvalue weighted by molar-refractivity contribution is 5.89. The molecule has 1 aliphatic rings. The lowest BCUT2D eigenvalue weighted by molar-refractivity contribution is 0.251. The van der Waals surface area contributed by atoms with Gasteiger partial charge in [0.15, 0.2) is 0 Å². The van der Waals surface area contributed by atoms with Gasteiger partial charge in [-0.05, 0) is 56.6 Å². The van der Waals surface area contributed by atoms with Crippen molar-refractivity contribution in [3.63, 3.8) is 0 Å². The van der Waals surface area contributed by atoms with E-state index in [-0.39, 0.29) is 6.03 Å². The van der Waals surface area contributed by atoms with Crippen molar-refractivity contribution >= 4 is 11.7 Å². The number of anilines is 1. The van der Waals surface area contributed by atoms with Gasteiger partial charge in [-0.15, -0.1) is 0 Å². The van der Waals surface area contributed by atoms with Crippen LogP contribution in [0.4, 0.5) is 10.5 Å². The third kappa shape index (κ3) is 5.47. The van der Waals surface area contributed by atoms with Crippen LogP contribution in [-0.2, 0) is 19.6 Å². The molecule has 0 bridgehead atoms. The van der Waals surface area contributed by atoms with Crippen molar-refractivity contribution in [2.75, 3.05) is 25.0 Å². The average molecular weight is 371 g/mol. The van der Waals surface area contributed by atoms with E-state index < -0.39 is 0 Å². The lowest BCUT2D eigenvalue weighted by atomic mass is 10.3. The first-order valence-corrected chi connectivity index (χ1v) is 9.73. The minimum Gasteiger partial charge on any atom is -0.494 e. The van der Waals surface area contributed by atoms with Crippen molar-refractivity contribution < 1.29 is 9.53 Å². The van der Waals surface area contributed by atoms with Crippen molar-refractivity contribution in [3.05, 3.63) is 41.7 Å². The van der Waals surface area contributed by atoms with Crippen LogP contribution in [-0.4, -0.2) is 40.4 Å². The van der Waals surface area contributed by atoms with E-state index in [4.69, 9.17) is 4.74 Å². The molecule has 0 atom stereocenters. The molecule has 7 nitrogen and oxygen atoms in total. The normalized spacial score (nSPS) is 14.3. The summed E-state index contributed by atoms with van der Waals surface area (Å²) >= 11 is 0. The molecule has 0 radical (unpaired) electrons. The van der Waals surface area contributed by atoms with Crippen LogP contribution in [0.5, 0.6) is 5.75 Å². The van der Waals surface area contributed by atoms with Gasteiger partial charge in [0.2, 0.25) is 0 Å². The number of nitrogens with zero attached hydrogens (tertiary/aromatic N) is 3. The predicted molar refractivity (Wildman–Crippen MR) is 106 cm³/mol. The lowest BCUT2D eigenvalue weighted by Gasteiger charge is -2.17. The van der Waals surface area contributed by atoms with Crippen LogP contribution in [0, 0.1) is 0 Å². The van der Waals surface area contributed by atoms with Gasteiger partial charge in [0, 0.05) is 25.3 Å². The van der Waals surface area contributed by atoms with Crippen LogP contribution in [0.1, 0.15) is 38.1 Å². The van der Waals surface area contributed by atoms with E-state index in [1.54, 1.807) is 0 Å². The van der Waals surface area contributed by atoms with Crippen LogP contribution in [0.25, 0.3) is 0 Å². The number of amides is 2. The third-order valence-electron chi connectivity index (χ3n) is 4.54. The molecule has 0 saturated heterocycles. The first-order valence-electron chi connectivity index (χ1n) is 9.73. The van der Waals surface area contributed by atoms with E-state index >= 15 is 0 Å². The highest BCUT2D eigenvalue weighted by Gasteiger charge is 2.16. The SMILES string of the molecule is CCCN1CCCn2nc(CNC(=O)Nc3ccc(OCC)cc3)cc2C1. The van der Waals surface area contributed by atoms with Crippen LogP contribution >= 0.6 is 0 Å². The molecule has 2 aromatic rings. The minimum atomic E-state index is -0.241. The summed E-state index contributed by atoms with van der Waals surface area (Å²) in [7, 11) is 0. The van der Waals surface area contributed by atoms with Crippen molar-refractivity contribution in [2.24, 2.45) is 0 Å². The Morgan fingerprint density at radius 3 is 2.78 bits per heavy atom. The highest BCUT2D eigenvalue weighted by Crippen LogP contribution is 2.16. The largest absolute Gasteiger partial charge is 0.494 e. The number of aromatic nitrogens is 2. The van der Waals surface area contributed by atoms with Gasteiger partial charge in [-0.3, -0.25) is 9.58 Å². The zero-order valence-corrected chi connectivity index (χ0v) is 16.2. The molecule has 1 aromatic heterocycles. The van der Waals surface area contributed by atoms with Gasteiger partial charge in [0.05, 0.1) is 24.5 Å². The standard InChI is InChI=1S/C20H29N5O2/c1-3-10-24-11-5-12-25-18(15-24)13-17(23-25)14-21-20(26)22-16-6-8-19(9-7-16)27-4-2/h6-9,13H,3-5,10-12,14-15H2,1-2H3,(H2,21,22,26). The summed E-state index contributed by atoms with van der Waals surface area (Å²) in [5, 5.41) is 10.4. The number of fused-ring (bicyclic) bond motifs is 1. The van der Waals surface area contributed by atoms with E-state index in [0.29, 0.717) is 13.2 Å². The highest BCUT2D eigenvalue weighted by atomic mass is 16.5. The second-order valence-electron chi connectivity index (χ2n) is 6.74. The van der Waals surface area contributed by atoms with Crippen molar-refractivity contribution in [1.82, 2.24) is 20.0 Å². The summed E-state index contributed by atoms with van der Waals surface area (Å²) in [5.74, 6) is 0.792. The van der Waals surface area contributed by atoms with E-state index in [1.165, 1.54) is 5.69 Å². The number of hydrogen-bond acceptors (Lipinski definition) is 4. The molecule has 27 heavy (non-hydrogen) atoms. The number of nitrogens with one attached hydrogen (secondary N) is 2. The first kappa shape index (κ1) is 19.2. The van der Waals surface area contributed by atoms with Crippen LogP contribution in [0.2, 0.25) is 0 Å². The molecule has 2 N–H and O–H groups in total. The van der Waals surface area contributed by atoms with E-state index in [0.717, 1.165) is 56.2 Å². The Hall–Kier alpha value is -2.54. The van der Waals surface area contributed by atoms with Gasteiger partial charge < -0.3 is 15.4 Å². The fraction of sp³-hybridized carbons (Fsp3) is 0.500. The summed E-state index contributed by atoms with van der Waals surface area (Å²) in [6.45, 7) is 9.29. The molecule has 146 valence electrons. The molecule has 1 aromatic carbocycles. The number of urea groups is 1. The summed E-state index contributed by atoms with van der Waals surface area (Å²) < 4.78 is 7.48. The fourth-order valence-corrected chi connectivity index (χ4v) is 3.33. The molecular weight excluding hydrogens is 342 g/mol. The maximum Gasteiger partial charge on any atom is 0.319 e. The Morgan fingerprint density at radius 1 is 1.22 bits per heavy atom. The smallest absolute Gasteiger partial charge is 0.319 e. The van der Waals surface area contributed by atoms with Gasteiger partial charge in [-0.2, -0.15) is 5.10 Å². The predicted octanol–water partition coefficient (Wildman–Crippen LogP) is 3.22. The Kier molecular flexibility index (Phi) is 6.70. The maximum atomic E-state index is 12.1. The first-order chi connectivity index (χ1) is 13.2. The molecule has 0 saturated carbocycles. The summed E-state index contributed by atoms with van der Waals surface area (Å²) in [4.78, 5) is 14.6. The van der Waals surface area contributed by atoms with Crippen molar-refractivity contribution in [1.29, 1.82) is 0 Å². The van der Waals surface area contributed by atoms with Gasteiger partial charge >= 0.3 is 6.03 Å². The number of aryl methyl sites for hydroxylation is 1. The maximum absolute atomic E-state index is 12.1. The molecule has 0 fully saturated rings. The zero-order valence-electron chi connectivity index (χ0n) is 16.2. The average Bonchev–Trinajstić information content (AvgIpc) is 2.94. The molecular formula is C20H29N5O2. The molecule has 2 heterocycles. The molecule has 0 aliphatic carbocycles. The van der Waals surface area contributed by atoms with E-state index in [1.807, 2.05) is 31.2 Å². The topological polar surface area (TPSA) is 71.4 Å². The fourth-order valence-electron chi connectivity index (χ4n) is 3.33. The number of carbonyl (C=O) groups is 1. The lowest BCUT2D eigenvalue weighted by Crippen LogP contribution is -2.28. The summed E-state index contributed by atoms with van der Waals surface area (Å²) in [5.41, 5.74) is 2.85. The molecule has 0 spiro atoms. The molecule has 3 rings (SSSR count). The van der Waals surface area contributed by atoms with Crippen LogP contribution in [0.3, 0.4) is 0 Å². The molecule has 2 amide bonds. The summed E-state index contributed by atoms with van der Waals surface area (Å²) in [6.07, 6.45) is 2.27. The third-order valence-corrected chi connectivity index (χ3v) is 4.54. The van der Waals surface area contributed by atoms with Crippen molar-refractivity contribution in [3.8, 4) is 5.75 Å². The Balaban J connectivity index is 1.51. The molecule has 0 unspecified atom stereocenters. The van der Waals surface area contributed by atoms with E-state index in [2.05, 4.69) is 38.3 Å². The second kappa shape index (κ2) is 9.41. The number of benzene rings is 1. The van der Waals surface area contributed by atoms with Crippen LogP contribution in [0.15, 0.2) is 30.3 Å². The van der Waals surface area contributed by atoms with Gasteiger partial charge in [-0.25, -0.2) is 4.79 Å². The number of hydrogen-bond donors (Lipinski definition) is 2. The van der Waals surface area contributed by atoms with Crippen LogP contribution < -0.4 is 15.4 Å². The monoisotopic (exact) mass is 371 g/mol. The second-order valence-corrected chi connectivity index (χ2v) is 6.74. The van der Waals surface area contributed by atoms with Gasteiger partial charge in [-0.1, -0.05) is 6.92 Å². The number of rotatable bonds is 7. The number of carbonyl (C=O) groups excluding carboxylic acids is 1.